The van der Waals surface area contributed by atoms with Crippen LogP contribution in [0.15, 0.2) is 25.8 Å². The van der Waals surface area contributed by atoms with Gasteiger partial charge in [-0.05, 0) is 46.8 Å². The van der Waals surface area contributed by atoms with E-state index in [0.29, 0.717) is 12.6 Å². The van der Waals surface area contributed by atoms with Gasteiger partial charge in [-0.25, -0.2) is 9.98 Å². The molecule has 0 aliphatic carbocycles. The highest BCUT2D eigenvalue weighted by Crippen LogP contribution is 2.23. The molecular formula is C20H33BrN4O3. The van der Waals surface area contributed by atoms with Crippen LogP contribution in [0.4, 0.5) is 0 Å². The van der Waals surface area contributed by atoms with Gasteiger partial charge in [0, 0.05) is 49.6 Å². The summed E-state index contributed by atoms with van der Waals surface area (Å²) in [6, 6.07) is 0. The molecule has 2 rings (SSSR count). The Hall–Kier alpha value is -1.25. The molecule has 2 aliphatic heterocycles. The third-order valence-corrected chi connectivity index (χ3v) is 4.90. The van der Waals surface area contributed by atoms with Gasteiger partial charge in [-0.15, -0.1) is 0 Å². The summed E-state index contributed by atoms with van der Waals surface area (Å²) in [5.41, 5.74) is 0.786. The summed E-state index contributed by atoms with van der Waals surface area (Å²) in [4.78, 5) is 16.1. The quantitative estimate of drug-likeness (QED) is 0.245. The fourth-order valence-corrected chi connectivity index (χ4v) is 3.17. The largest absolute Gasteiger partial charge is 0.396 e. The Morgan fingerprint density at radius 1 is 1.36 bits per heavy atom. The van der Waals surface area contributed by atoms with Crippen LogP contribution in [0.5, 0.6) is 0 Å². The Bertz CT molecular complexity index is 584. The molecule has 0 spiro atoms. The van der Waals surface area contributed by atoms with E-state index >= 15 is 0 Å². The minimum atomic E-state index is -0.284. The van der Waals surface area contributed by atoms with Crippen molar-refractivity contribution in [3.8, 4) is 0 Å². The molecule has 0 N–H and O–H groups in total. The van der Waals surface area contributed by atoms with Crippen molar-refractivity contribution in [2.45, 2.75) is 71.2 Å². The number of guanidine groups is 1. The van der Waals surface area contributed by atoms with Crippen LogP contribution in [-0.2, 0) is 14.3 Å². The Morgan fingerprint density at radius 3 is 2.71 bits per heavy atom. The molecule has 1 unspecified atom stereocenters. The molecule has 2 aliphatic rings. The lowest BCUT2D eigenvalue weighted by molar-refractivity contribution is -0.219. The molecule has 158 valence electrons. The molecule has 7 nitrogen and oxygen atoms in total. The molecule has 8 heteroatoms. The van der Waals surface area contributed by atoms with E-state index in [0.717, 1.165) is 62.0 Å². The fourth-order valence-electron chi connectivity index (χ4n) is 3.07. The lowest BCUT2D eigenvalue weighted by Gasteiger charge is -2.32. The Labute approximate surface area is 177 Å². The third-order valence-electron chi connectivity index (χ3n) is 4.70. The molecule has 0 aromatic carbocycles. The van der Waals surface area contributed by atoms with Gasteiger partial charge in [-0.3, -0.25) is 0 Å². The van der Waals surface area contributed by atoms with Crippen LogP contribution in [-0.4, -0.2) is 61.5 Å². The maximum Gasteiger partial charge on any atom is 0.224 e. The van der Waals surface area contributed by atoms with Gasteiger partial charge in [-0.2, -0.15) is 0 Å². The summed E-state index contributed by atoms with van der Waals surface area (Å²) in [6.07, 6.45) is 7.35. The summed E-state index contributed by atoms with van der Waals surface area (Å²) in [7, 11) is 0. The van der Waals surface area contributed by atoms with Crippen molar-refractivity contribution in [1.29, 1.82) is 0 Å². The first-order chi connectivity index (χ1) is 13.4. The number of piperidine rings is 1. The van der Waals surface area contributed by atoms with E-state index in [-0.39, 0.29) is 11.9 Å². The van der Waals surface area contributed by atoms with E-state index in [4.69, 9.17) is 14.3 Å². The van der Waals surface area contributed by atoms with Gasteiger partial charge < -0.3 is 19.2 Å². The second-order valence-electron chi connectivity index (χ2n) is 7.70. The molecule has 2 heterocycles. The zero-order valence-electron chi connectivity index (χ0n) is 17.3. The lowest BCUT2D eigenvalue weighted by atomic mass is 10.1. The first-order valence-electron chi connectivity index (χ1n) is 9.98. The van der Waals surface area contributed by atoms with Crippen molar-refractivity contribution < 1.29 is 14.3 Å². The van der Waals surface area contributed by atoms with Gasteiger partial charge in [0.1, 0.15) is 6.61 Å². The predicted octanol–water partition coefficient (Wildman–Crippen LogP) is 4.48. The molecule has 0 amide bonds. The smallest absolute Gasteiger partial charge is 0.224 e. The number of hydrogen-bond donors (Lipinski definition) is 0. The summed E-state index contributed by atoms with van der Waals surface area (Å²) in [6.45, 7) is 12.6. The second kappa shape index (κ2) is 11.7. The van der Waals surface area contributed by atoms with Gasteiger partial charge in [0.25, 0.3) is 0 Å². The average Bonchev–Trinajstić information content (AvgIpc) is 2.67. The van der Waals surface area contributed by atoms with Crippen LogP contribution in [0.3, 0.4) is 0 Å². The van der Waals surface area contributed by atoms with Crippen molar-refractivity contribution in [2.75, 3.05) is 26.3 Å². The minimum absolute atomic E-state index is 0.0862. The SMILES string of the molecule is C=N/C(=N\C=C(/C)Br)N1CCC(=NOCCC(C)(C)OC2CCCCO2)CC1. The topological polar surface area (TPSA) is 68.0 Å². The van der Waals surface area contributed by atoms with Crippen molar-refractivity contribution >= 4 is 34.3 Å². The Balaban J connectivity index is 1.70. The molecule has 0 bridgehead atoms. The van der Waals surface area contributed by atoms with Crippen LogP contribution >= 0.6 is 15.9 Å². The van der Waals surface area contributed by atoms with Crippen LogP contribution in [0, 0.1) is 0 Å². The number of halogens is 1. The maximum atomic E-state index is 6.07. The number of oxime groups is 1. The monoisotopic (exact) mass is 456 g/mol. The summed E-state index contributed by atoms with van der Waals surface area (Å²) in [5, 5.41) is 4.32. The lowest BCUT2D eigenvalue weighted by Crippen LogP contribution is -2.38. The molecule has 0 aromatic heterocycles. The molecule has 0 radical (unpaired) electrons. The van der Waals surface area contributed by atoms with Gasteiger partial charge in [-0.1, -0.05) is 21.1 Å². The van der Waals surface area contributed by atoms with Gasteiger partial charge in [0.05, 0.1) is 11.3 Å². The van der Waals surface area contributed by atoms with Crippen molar-refractivity contribution in [1.82, 2.24) is 4.90 Å². The first-order valence-corrected chi connectivity index (χ1v) is 10.8. The maximum absolute atomic E-state index is 6.07. The predicted molar refractivity (Wildman–Crippen MR) is 117 cm³/mol. The van der Waals surface area contributed by atoms with E-state index in [1.165, 1.54) is 6.42 Å². The summed E-state index contributed by atoms with van der Waals surface area (Å²) >= 11 is 3.36. The van der Waals surface area contributed by atoms with Crippen molar-refractivity contribution in [3.05, 3.63) is 10.7 Å². The standard InChI is InChI=1S/C20H33BrN4O3/c1-16(21)15-23-19(22-4)25-11-8-17(9-12-25)24-27-14-10-20(2,3)28-18-7-5-6-13-26-18/h15,18H,4-14H2,1-3H3/b16-15+,23-19+. The number of aliphatic imine (C=N–C) groups is 2. The van der Waals surface area contributed by atoms with Gasteiger partial charge in [0.2, 0.25) is 5.96 Å². The summed E-state index contributed by atoms with van der Waals surface area (Å²) in [5.74, 6) is 0.641. The second-order valence-corrected chi connectivity index (χ2v) is 8.96. The van der Waals surface area contributed by atoms with Gasteiger partial charge >= 0.3 is 0 Å². The van der Waals surface area contributed by atoms with Gasteiger partial charge in [0.15, 0.2) is 6.29 Å². The van der Waals surface area contributed by atoms with Crippen LogP contribution < -0.4 is 0 Å². The molecule has 1 atom stereocenters. The fraction of sp³-hybridized carbons (Fsp3) is 0.750. The molecule has 2 fully saturated rings. The highest BCUT2D eigenvalue weighted by Gasteiger charge is 2.26. The van der Waals surface area contributed by atoms with Crippen molar-refractivity contribution in [2.24, 2.45) is 15.1 Å². The van der Waals surface area contributed by atoms with E-state index in [2.05, 4.69) is 56.5 Å². The first kappa shape index (κ1) is 23.0. The number of hydrogen-bond acceptors (Lipinski definition) is 5. The van der Waals surface area contributed by atoms with E-state index in [1.54, 1.807) is 6.20 Å². The van der Waals surface area contributed by atoms with E-state index < -0.39 is 0 Å². The molecule has 28 heavy (non-hydrogen) atoms. The zero-order chi connectivity index (χ0) is 20.4. The Kier molecular flexibility index (Phi) is 9.61. The van der Waals surface area contributed by atoms with Crippen LogP contribution in [0.1, 0.15) is 59.3 Å². The Morgan fingerprint density at radius 2 is 2.11 bits per heavy atom. The normalized spacial score (nSPS) is 22.2. The van der Waals surface area contributed by atoms with E-state index in [9.17, 15) is 0 Å². The number of ether oxygens (including phenoxy) is 2. The van der Waals surface area contributed by atoms with Crippen LogP contribution in [0.25, 0.3) is 0 Å². The zero-order valence-corrected chi connectivity index (χ0v) is 18.9. The highest BCUT2D eigenvalue weighted by molar-refractivity contribution is 9.11. The van der Waals surface area contributed by atoms with Crippen LogP contribution in [0.2, 0.25) is 0 Å². The van der Waals surface area contributed by atoms with Crippen molar-refractivity contribution in [3.63, 3.8) is 0 Å². The average molecular weight is 457 g/mol. The molecular weight excluding hydrogens is 424 g/mol. The molecule has 0 saturated carbocycles. The third kappa shape index (κ3) is 8.41. The number of allylic oxidation sites excluding steroid dienone is 1. The molecule has 2 saturated heterocycles. The number of rotatable bonds is 7. The summed E-state index contributed by atoms with van der Waals surface area (Å²) < 4.78 is 12.7. The highest BCUT2D eigenvalue weighted by atomic mass is 79.9. The van der Waals surface area contributed by atoms with E-state index in [1.807, 2.05) is 6.92 Å². The number of likely N-dealkylation sites (tertiary alicyclic amines) is 1. The molecule has 0 aromatic rings. The number of nitrogens with zero attached hydrogens (tertiary/aromatic N) is 4. The minimum Gasteiger partial charge on any atom is -0.396 e.